The van der Waals surface area contributed by atoms with Crippen LogP contribution in [0.3, 0.4) is 0 Å². The van der Waals surface area contributed by atoms with Crippen molar-refractivity contribution in [1.82, 2.24) is 10.3 Å². The van der Waals surface area contributed by atoms with Crippen LogP contribution in [0, 0.1) is 0 Å². The Bertz CT molecular complexity index is 1320. The average molecular weight is 492 g/mol. The largest absolute Gasteiger partial charge is 0.491 e. The number of thiazole rings is 1. The van der Waals surface area contributed by atoms with Gasteiger partial charge in [0.15, 0.2) is 18.1 Å². The summed E-state index contributed by atoms with van der Waals surface area (Å²) in [5.41, 5.74) is -0.302. The minimum absolute atomic E-state index is 0.00990. The summed E-state index contributed by atoms with van der Waals surface area (Å²) in [5.74, 6) is -2.12. The van der Waals surface area contributed by atoms with Crippen LogP contribution in [0.2, 0.25) is 0 Å². The van der Waals surface area contributed by atoms with Crippen molar-refractivity contribution < 1.29 is 36.7 Å². The number of ether oxygens (including phenoxy) is 2. The van der Waals surface area contributed by atoms with Gasteiger partial charge in [0.25, 0.3) is 27.6 Å². The number of Topliss-reactive ketones (excluding diaryl/α,β-unsaturated/α-hetero) is 1. The third-order valence-corrected chi connectivity index (χ3v) is 6.97. The summed E-state index contributed by atoms with van der Waals surface area (Å²) in [6.07, 6.45) is 2.78. The third-order valence-electron chi connectivity index (χ3n) is 4.40. The van der Waals surface area contributed by atoms with E-state index >= 15 is 0 Å². The quantitative estimate of drug-likeness (QED) is 0.374. The molecule has 2 amide bonds. The minimum Gasteiger partial charge on any atom is -0.491 e. The summed E-state index contributed by atoms with van der Waals surface area (Å²) in [6.45, 7) is -0.408. The predicted molar refractivity (Wildman–Crippen MR) is 115 cm³/mol. The second kappa shape index (κ2) is 8.91. The first kappa shape index (κ1) is 22.3. The van der Waals surface area contributed by atoms with E-state index in [4.69, 9.17) is 13.9 Å². The predicted octanol–water partition coefficient (Wildman–Crippen LogP) is 1.38. The molecule has 3 aromatic rings. The fourth-order valence-corrected chi connectivity index (χ4v) is 4.86. The van der Waals surface area contributed by atoms with Gasteiger partial charge in [-0.15, -0.1) is 11.3 Å². The number of ketones is 1. The number of benzene rings is 1. The lowest BCUT2D eigenvalue weighted by Crippen LogP contribution is -2.28. The molecule has 0 saturated heterocycles. The Morgan fingerprint density at radius 1 is 1.30 bits per heavy atom. The highest BCUT2D eigenvalue weighted by molar-refractivity contribution is 7.94. The number of sulfonamides is 1. The number of aromatic nitrogens is 1. The van der Waals surface area contributed by atoms with Gasteiger partial charge < -0.3 is 24.5 Å². The van der Waals surface area contributed by atoms with Crippen LogP contribution in [-0.2, 0) is 26.2 Å². The van der Waals surface area contributed by atoms with Gasteiger partial charge in [0.05, 0.1) is 36.9 Å². The van der Waals surface area contributed by atoms with Crippen LogP contribution in [0.1, 0.15) is 16.1 Å². The minimum atomic E-state index is -4.15. The van der Waals surface area contributed by atoms with Crippen LogP contribution < -0.4 is 24.8 Å². The Balaban J connectivity index is 1.65. The van der Waals surface area contributed by atoms with E-state index in [1.807, 2.05) is 0 Å². The molecule has 3 heterocycles. The molecule has 33 heavy (non-hydrogen) atoms. The second-order valence-corrected chi connectivity index (χ2v) is 9.29. The van der Waals surface area contributed by atoms with E-state index in [1.165, 1.54) is 24.9 Å². The Kier molecular flexibility index (Phi) is 6.02. The molecule has 1 aromatic carbocycles. The number of carbonyl (C=O) groups excluding carboxylic acids is 3. The monoisotopic (exact) mass is 492 g/mol. The van der Waals surface area contributed by atoms with E-state index in [1.54, 1.807) is 12.1 Å². The van der Waals surface area contributed by atoms with Crippen molar-refractivity contribution in [2.75, 3.05) is 23.8 Å². The molecule has 14 heteroatoms. The van der Waals surface area contributed by atoms with E-state index in [9.17, 15) is 22.8 Å². The molecule has 3 N–H and O–H groups in total. The smallest absolute Gasteiger partial charge is 0.296 e. The molecule has 0 saturated carbocycles. The Morgan fingerprint density at radius 3 is 2.79 bits per heavy atom. The van der Waals surface area contributed by atoms with Gasteiger partial charge in [0, 0.05) is 11.6 Å². The summed E-state index contributed by atoms with van der Waals surface area (Å²) in [5, 5.41) is 6.42. The molecule has 0 fully saturated rings. The second-order valence-electron chi connectivity index (χ2n) is 6.54. The Morgan fingerprint density at radius 2 is 2.12 bits per heavy atom. The number of carbonyl (C=O) groups is 3. The highest BCUT2D eigenvalue weighted by Gasteiger charge is 2.35. The van der Waals surface area contributed by atoms with Crippen molar-refractivity contribution in [3.8, 4) is 11.5 Å². The Labute approximate surface area is 191 Å². The zero-order valence-electron chi connectivity index (χ0n) is 16.9. The number of rotatable bonds is 9. The van der Waals surface area contributed by atoms with E-state index in [0.29, 0.717) is 5.76 Å². The van der Waals surface area contributed by atoms with Gasteiger partial charge in [0.1, 0.15) is 5.76 Å². The maximum atomic E-state index is 12.7. The highest BCUT2D eigenvalue weighted by atomic mass is 32.2. The van der Waals surface area contributed by atoms with Gasteiger partial charge in [-0.25, -0.2) is 4.98 Å². The fourth-order valence-electron chi connectivity index (χ4n) is 2.97. The third kappa shape index (κ3) is 4.51. The van der Waals surface area contributed by atoms with E-state index < -0.39 is 34.2 Å². The van der Waals surface area contributed by atoms with Crippen molar-refractivity contribution >= 4 is 50.3 Å². The molecule has 0 bridgehead atoms. The number of anilines is 2. The van der Waals surface area contributed by atoms with E-state index in [0.717, 1.165) is 17.4 Å². The van der Waals surface area contributed by atoms with Gasteiger partial charge in [-0.3, -0.25) is 19.1 Å². The Hall–Kier alpha value is -3.91. The topological polar surface area (TPSA) is 166 Å². The van der Waals surface area contributed by atoms with Gasteiger partial charge in [0.2, 0.25) is 4.34 Å². The molecular weight excluding hydrogens is 476 g/mol. The lowest BCUT2D eigenvalue weighted by Gasteiger charge is -2.18. The van der Waals surface area contributed by atoms with Gasteiger partial charge >= 0.3 is 0 Å². The number of hydrogen-bond acceptors (Lipinski definition) is 10. The molecule has 0 spiro atoms. The molecule has 0 radical (unpaired) electrons. The SMILES string of the molecule is COc1c2c(cc(NS(=O)(=O)c3nccs3)c1OCC(=O)NCc1ccco1)C(=O)C(=O)N2. The molecule has 0 aliphatic carbocycles. The number of amides is 2. The summed E-state index contributed by atoms with van der Waals surface area (Å²) < 4.78 is 43.5. The van der Waals surface area contributed by atoms with Crippen molar-refractivity contribution in [2.24, 2.45) is 0 Å². The van der Waals surface area contributed by atoms with Crippen molar-refractivity contribution in [1.29, 1.82) is 0 Å². The average Bonchev–Trinajstić information content (AvgIpc) is 3.54. The van der Waals surface area contributed by atoms with Crippen LogP contribution in [0.5, 0.6) is 11.5 Å². The van der Waals surface area contributed by atoms with Crippen molar-refractivity contribution in [2.45, 2.75) is 10.9 Å². The normalized spacial score (nSPS) is 12.8. The maximum absolute atomic E-state index is 12.7. The molecule has 172 valence electrons. The van der Waals surface area contributed by atoms with Gasteiger partial charge in [-0.1, -0.05) is 0 Å². The highest BCUT2D eigenvalue weighted by Crippen LogP contribution is 2.46. The zero-order chi connectivity index (χ0) is 23.6. The summed E-state index contributed by atoms with van der Waals surface area (Å²) in [4.78, 5) is 40.1. The molecule has 2 aromatic heterocycles. The molecule has 4 rings (SSSR count). The lowest BCUT2D eigenvalue weighted by molar-refractivity contribution is -0.123. The number of methoxy groups -OCH3 is 1. The molecule has 1 aliphatic heterocycles. The fraction of sp³-hybridized carbons (Fsp3) is 0.158. The van der Waals surface area contributed by atoms with Crippen LogP contribution >= 0.6 is 11.3 Å². The van der Waals surface area contributed by atoms with E-state index in [2.05, 4.69) is 20.3 Å². The standard InChI is InChI=1S/C19H16N4O8S2/c1-29-17-14-11(15(25)18(26)22-14)7-12(23-33(27,28)19-20-4-6-32-19)16(17)31-9-13(24)21-8-10-3-2-5-30-10/h2-7,23H,8-9H2,1H3,(H,21,24)(H,22,25,26). The number of hydrogen-bond donors (Lipinski definition) is 3. The lowest BCUT2D eigenvalue weighted by atomic mass is 10.1. The van der Waals surface area contributed by atoms with Crippen LogP contribution in [-0.4, -0.2) is 44.7 Å². The number of nitrogens with zero attached hydrogens (tertiary/aromatic N) is 1. The number of fused-ring (bicyclic) bond motifs is 1. The number of nitrogens with one attached hydrogen (secondary N) is 3. The molecule has 12 nitrogen and oxygen atoms in total. The van der Waals surface area contributed by atoms with Crippen molar-refractivity contribution in [3.63, 3.8) is 0 Å². The van der Waals surface area contributed by atoms with Crippen LogP contribution in [0.25, 0.3) is 0 Å². The summed E-state index contributed by atoms with van der Waals surface area (Å²) in [6, 6.07) is 4.49. The van der Waals surface area contributed by atoms with Gasteiger partial charge in [-0.2, -0.15) is 8.42 Å². The zero-order valence-corrected chi connectivity index (χ0v) is 18.5. The number of furan rings is 1. The molecule has 0 atom stereocenters. The first-order valence-corrected chi connectivity index (χ1v) is 11.6. The first-order valence-electron chi connectivity index (χ1n) is 9.25. The van der Waals surface area contributed by atoms with E-state index in [-0.39, 0.29) is 39.3 Å². The molecular formula is C19H16N4O8S2. The molecule has 0 unspecified atom stereocenters. The maximum Gasteiger partial charge on any atom is 0.296 e. The first-order chi connectivity index (χ1) is 15.8. The van der Waals surface area contributed by atoms with Crippen molar-refractivity contribution in [3.05, 3.63) is 47.4 Å². The van der Waals surface area contributed by atoms with Crippen LogP contribution in [0.15, 0.2) is 44.8 Å². The van der Waals surface area contributed by atoms with Gasteiger partial charge in [-0.05, 0) is 18.2 Å². The van der Waals surface area contributed by atoms with Crippen LogP contribution in [0.4, 0.5) is 11.4 Å². The molecule has 1 aliphatic rings. The summed E-state index contributed by atoms with van der Waals surface area (Å²) >= 11 is 0.875. The summed E-state index contributed by atoms with van der Waals surface area (Å²) in [7, 11) is -2.91.